The van der Waals surface area contributed by atoms with Gasteiger partial charge in [0.15, 0.2) is 11.8 Å². The van der Waals surface area contributed by atoms with Gasteiger partial charge in [-0.1, -0.05) is 35.9 Å². The zero-order valence-electron chi connectivity index (χ0n) is 22.9. The first-order valence-corrected chi connectivity index (χ1v) is 13.8. The zero-order chi connectivity index (χ0) is 30.2. The fraction of sp³-hybridized carbons (Fsp3) is 0.0968. The normalized spacial score (nSPS) is 15.0. The van der Waals surface area contributed by atoms with Crippen molar-refractivity contribution in [2.45, 2.75) is 13.5 Å². The van der Waals surface area contributed by atoms with Gasteiger partial charge >= 0.3 is 0 Å². The molecule has 2 amide bonds. The number of amides is 2. The third-order valence-electron chi connectivity index (χ3n) is 6.14. The van der Waals surface area contributed by atoms with Crippen LogP contribution in [0.25, 0.3) is 6.08 Å². The van der Waals surface area contributed by atoms with Gasteiger partial charge in [0.05, 0.1) is 28.9 Å². The molecule has 0 aliphatic carbocycles. The molecule has 3 aromatic carbocycles. The Bertz CT molecular complexity index is 1710. The van der Waals surface area contributed by atoms with Crippen LogP contribution in [0.1, 0.15) is 22.5 Å². The molecule has 1 aliphatic heterocycles. The lowest BCUT2D eigenvalue weighted by Gasteiger charge is -2.12. The molecule has 12 heteroatoms. The number of nitrogens with one attached hydrogen (secondary N) is 1. The van der Waals surface area contributed by atoms with Gasteiger partial charge in [-0.25, -0.2) is 0 Å². The monoisotopic (exact) mass is 595 g/mol. The number of furan rings is 1. The van der Waals surface area contributed by atoms with E-state index in [2.05, 4.69) is 15.5 Å². The average Bonchev–Trinajstić information content (AvgIpc) is 3.62. The van der Waals surface area contributed by atoms with E-state index in [0.29, 0.717) is 38.4 Å². The van der Waals surface area contributed by atoms with E-state index in [1.54, 1.807) is 54.6 Å². The summed E-state index contributed by atoms with van der Waals surface area (Å²) in [6.45, 7) is 1.89. The third kappa shape index (κ3) is 7.63. The van der Waals surface area contributed by atoms with Gasteiger partial charge in [0.1, 0.15) is 11.5 Å². The van der Waals surface area contributed by atoms with E-state index in [1.165, 1.54) is 29.5 Å². The Morgan fingerprint density at radius 1 is 1.07 bits per heavy atom. The topological polar surface area (TPSA) is 140 Å². The molecular weight excluding hydrogens is 570 g/mol. The minimum atomic E-state index is -0.480. The number of non-ortho nitro benzene ring substituents is 1. The second-order valence-corrected chi connectivity index (χ2v) is 10.3. The van der Waals surface area contributed by atoms with Gasteiger partial charge in [0.25, 0.3) is 17.5 Å². The van der Waals surface area contributed by atoms with Crippen molar-refractivity contribution in [2.75, 3.05) is 11.9 Å². The van der Waals surface area contributed by atoms with Gasteiger partial charge in [-0.05, 0) is 72.8 Å². The Kier molecular flexibility index (Phi) is 9.08. The SMILES string of the molecule is Cc1ccc(NC(=O)COc2ccccc2/C=C2\S/C(=N/N=C\c3ccc([N+](=O)[O-])cc3)N(Cc3ccco3)C2=O)cc1. The Hall–Kier alpha value is -5.49. The zero-order valence-corrected chi connectivity index (χ0v) is 23.7. The Morgan fingerprint density at radius 2 is 1.84 bits per heavy atom. The largest absolute Gasteiger partial charge is 0.483 e. The number of nitro benzene ring substituents is 1. The van der Waals surface area contributed by atoms with Crippen LogP contribution >= 0.6 is 11.8 Å². The van der Waals surface area contributed by atoms with Crippen molar-refractivity contribution >= 4 is 52.4 Å². The number of rotatable bonds is 10. The van der Waals surface area contributed by atoms with Crippen molar-refractivity contribution in [1.29, 1.82) is 0 Å². The summed E-state index contributed by atoms with van der Waals surface area (Å²) in [5, 5.41) is 22.4. The highest BCUT2D eigenvalue weighted by molar-refractivity contribution is 8.18. The molecule has 1 saturated heterocycles. The maximum absolute atomic E-state index is 13.5. The van der Waals surface area contributed by atoms with E-state index in [4.69, 9.17) is 9.15 Å². The second-order valence-electron chi connectivity index (χ2n) is 9.30. The highest BCUT2D eigenvalue weighted by Gasteiger charge is 2.34. The third-order valence-corrected chi connectivity index (χ3v) is 7.13. The smallest absolute Gasteiger partial charge is 0.269 e. The summed E-state index contributed by atoms with van der Waals surface area (Å²) in [6, 6.07) is 23.9. The molecule has 0 bridgehead atoms. The molecule has 0 spiro atoms. The number of thioether (sulfide) groups is 1. The predicted octanol–water partition coefficient (Wildman–Crippen LogP) is 6.02. The quantitative estimate of drug-likeness (QED) is 0.102. The summed E-state index contributed by atoms with van der Waals surface area (Å²) in [5.74, 6) is 0.368. The number of carbonyl (C=O) groups excluding carboxylic acids is 2. The van der Waals surface area contributed by atoms with Crippen LogP contribution in [0, 0.1) is 17.0 Å². The summed E-state index contributed by atoms with van der Waals surface area (Å²) in [7, 11) is 0. The van der Waals surface area contributed by atoms with Crippen LogP contribution < -0.4 is 10.1 Å². The van der Waals surface area contributed by atoms with Crippen molar-refractivity contribution in [1.82, 2.24) is 4.90 Å². The van der Waals surface area contributed by atoms with Crippen molar-refractivity contribution in [3.05, 3.63) is 129 Å². The van der Waals surface area contributed by atoms with Crippen LogP contribution in [0.15, 0.2) is 111 Å². The molecule has 4 aromatic rings. The number of nitro groups is 1. The van der Waals surface area contributed by atoms with Gasteiger partial charge in [0.2, 0.25) is 0 Å². The molecule has 0 unspecified atom stereocenters. The summed E-state index contributed by atoms with van der Waals surface area (Å²) in [6.07, 6.45) is 4.64. The first kappa shape index (κ1) is 29.0. The van der Waals surface area contributed by atoms with Gasteiger partial charge in [-0.3, -0.25) is 24.6 Å². The molecule has 0 atom stereocenters. The minimum absolute atomic E-state index is 0.0315. The number of carbonyl (C=O) groups is 2. The molecule has 2 heterocycles. The van der Waals surface area contributed by atoms with Gasteiger partial charge in [0, 0.05) is 23.4 Å². The standard InChI is InChI=1S/C31H25N5O6S/c1-21-8-12-24(13-9-21)33-29(37)20-42-27-7-3-2-5-23(27)17-28-30(38)35(19-26-6-4-16-41-26)31(43-28)34-32-18-22-10-14-25(15-11-22)36(39)40/h2-18H,19-20H2,1H3,(H,33,37)/b28-17-,32-18-,34-31+. The van der Waals surface area contributed by atoms with Gasteiger partial charge in [-0.2, -0.15) is 5.10 Å². The van der Waals surface area contributed by atoms with Crippen LogP contribution in [0.4, 0.5) is 11.4 Å². The minimum Gasteiger partial charge on any atom is -0.483 e. The van der Waals surface area contributed by atoms with Crippen LogP contribution in [0.5, 0.6) is 5.75 Å². The molecule has 0 saturated carbocycles. The maximum Gasteiger partial charge on any atom is 0.269 e. The summed E-state index contributed by atoms with van der Waals surface area (Å²) < 4.78 is 11.3. The van der Waals surface area contributed by atoms with E-state index in [9.17, 15) is 19.7 Å². The van der Waals surface area contributed by atoms with E-state index in [0.717, 1.165) is 17.3 Å². The number of para-hydroxylation sites is 1. The number of ether oxygens (including phenoxy) is 1. The number of hydrogen-bond acceptors (Lipinski definition) is 9. The van der Waals surface area contributed by atoms with Crippen LogP contribution in [0.2, 0.25) is 0 Å². The van der Waals surface area contributed by atoms with Crippen molar-refractivity contribution in [3.8, 4) is 5.75 Å². The molecule has 5 rings (SSSR count). The number of aryl methyl sites for hydroxylation is 1. The molecule has 1 fully saturated rings. The number of anilines is 1. The molecule has 216 valence electrons. The van der Waals surface area contributed by atoms with Crippen LogP contribution in [-0.2, 0) is 16.1 Å². The fourth-order valence-electron chi connectivity index (χ4n) is 3.96. The number of hydrogen-bond donors (Lipinski definition) is 1. The van der Waals surface area contributed by atoms with E-state index in [-0.39, 0.29) is 30.7 Å². The number of amidine groups is 1. The lowest BCUT2D eigenvalue weighted by atomic mass is 10.2. The van der Waals surface area contributed by atoms with E-state index >= 15 is 0 Å². The Balaban J connectivity index is 1.33. The molecular formula is C31H25N5O6S. The highest BCUT2D eigenvalue weighted by Crippen LogP contribution is 2.35. The Labute approximate surface area is 250 Å². The van der Waals surface area contributed by atoms with Crippen molar-refractivity contribution in [2.24, 2.45) is 10.2 Å². The summed E-state index contributed by atoms with van der Waals surface area (Å²) >= 11 is 1.13. The van der Waals surface area contributed by atoms with Crippen LogP contribution in [0.3, 0.4) is 0 Å². The average molecular weight is 596 g/mol. The molecule has 11 nitrogen and oxygen atoms in total. The fourth-order valence-corrected chi connectivity index (χ4v) is 4.88. The van der Waals surface area contributed by atoms with E-state index < -0.39 is 4.92 Å². The first-order chi connectivity index (χ1) is 20.9. The molecule has 1 aromatic heterocycles. The van der Waals surface area contributed by atoms with Crippen molar-refractivity contribution in [3.63, 3.8) is 0 Å². The summed E-state index contributed by atoms with van der Waals surface area (Å²) in [5.41, 5.74) is 2.94. The lowest BCUT2D eigenvalue weighted by Crippen LogP contribution is -2.28. The highest BCUT2D eigenvalue weighted by atomic mass is 32.2. The lowest BCUT2D eigenvalue weighted by molar-refractivity contribution is -0.384. The van der Waals surface area contributed by atoms with Gasteiger partial charge in [-0.15, -0.1) is 5.10 Å². The molecule has 43 heavy (non-hydrogen) atoms. The van der Waals surface area contributed by atoms with E-state index in [1.807, 2.05) is 31.2 Å². The predicted molar refractivity (Wildman–Crippen MR) is 165 cm³/mol. The van der Waals surface area contributed by atoms with Crippen molar-refractivity contribution < 1.29 is 23.7 Å². The Morgan fingerprint density at radius 3 is 2.56 bits per heavy atom. The molecule has 0 radical (unpaired) electrons. The molecule has 1 aliphatic rings. The second kappa shape index (κ2) is 13.4. The number of nitrogens with zero attached hydrogens (tertiary/aromatic N) is 4. The van der Waals surface area contributed by atoms with Crippen LogP contribution in [-0.4, -0.2) is 39.6 Å². The summed E-state index contributed by atoms with van der Waals surface area (Å²) in [4.78, 5) is 38.2. The first-order valence-electron chi connectivity index (χ1n) is 13.0. The number of benzene rings is 3. The maximum atomic E-state index is 13.5. The molecule has 1 N–H and O–H groups in total. The van der Waals surface area contributed by atoms with Gasteiger partial charge < -0.3 is 14.5 Å².